The van der Waals surface area contributed by atoms with Gasteiger partial charge in [0.15, 0.2) is 0 Å². The monoisotopic (exact) mass is 409 g/mol. The van der Waals surface area contributed by atoms with E-state index in [0.29, 0.717) is 15.6 Å². The van der Waals surface area contributed by atoms with Gasteiger partial charge in [0.05, 0.1) is 10.7 Å². The third-order valence-electron chi connectivity index (χ3n) is 2.36. The van der Waals surface area contributed by atoms with Crippen molar-refractivity contribution in [1.29, 1.82) is 0 Å². The Morgan fingerprint density at radius 1 is 1.16 bits per heavy atom. The van der Waals surface area contributed by atoms with Crippen LogP contribution in [0.5, 0.6) is 0 Å². The summed E-state index contributed by atoms with van der Waals surface area (Å²) in [5.41, 5.74) is 0.386. The first-order chi connectivity index (χ1) is 8.97. The Hall–Kier alpha value is -0.850. The fraction of sp³-hybridized carbons (Fsp3) is 0. The molecule has 0 heterocycles. The topological polar surface area (TPSA) is 29.1 Å². The van der Waals surface area contributed by atoms with Gasteiger partial charge in [0.1, 0.15) is 5.82 Å². The number of rotatable bonds is 2. The summed E-state index contributed by atoms with van der Waals surface area (Å²) in [6.45, 7) is 0. The lowest BCUT2D eigenvalue weighted by atomic mass is 10.2. The molecule has 2 aromatic carbocycles. The lowest BCUT2D eigenvalue weighted by molar-refractivity contribution is 0.102. The van der Waals surface area contributed by atoms with Crippen LogP contribution in [0.2, 0.25) is 10.0 Å². The fourth-order valence-electron chi connectivity index (χ4n) is 1.43. The SMILES string of the molecule is O=C(Nc1cc(Cl)ccc1F)c1ccc(I)c(Cl)c1. The molecule has 0 spiro atoms. The van der Waals surface area contributed by atoms with Crippen molar-refractivity contribution in [2.75, 3.05) is 5.32 Å². The minimum absolute atomic E-state index is 0.0344. The molecule has 0 aliphatic rings. The Bertz CT molecular complexity index is 649. The number of nitrogens with one attached hydrogen (secondary N) is 1. The average molecular weight is 410 g/mol. The van der Waals surface area contributed by atoms with Gasteiger partial charge >= 0.3 is 0 Å². The molecule has 0 fully saturated rings. The molecule has 0 radical (unpaired) electrons. The van der Waals surface area contributed by atoms with Crippen molar-refractivity contribution in [3.63, 3.8) is 0 Å². The number of carbonyl (C=O) groups is 1. The van der Waals surface area contributed by atoms with Gasteiger partial charge in [-0.15, -0.1) is 0 Å². The van der Waals surface area contributed by atoms with Gasteiger partial charge in [0.2, 0.25) is 0 Å². The van der Waals surface area contributed by atoms with Gasteiger partial charge in [-0.05, 0) is 59.0 Å². The van der Waals surface area contributed by atoms with Crippen LogP contribution in [0.4, 0.5) is 10.1 Å². The molecule has 0 unspecified atom stereocenters. The maximum absolute atomic E-state index is 13.5. The molecule has 6 heteroatoms. The summed E-state index contributed by atoms with van der Waals surface area (Å²) >= 11 is 13.7. The third kappa shape index (κ3) is 3.58. The van der Waals surface area contributed by atoms with Gasteiger partial charge in [-0.2, -0.15) is 0 Å². The molecule has 0 aromatic heterocycles. The van der Waals surface area contributed by atoms with E-state index in [-0.39, 0.29) is 5.69 Å². The van der Waals surface area contributed by atoms with E-state index in [1.807, 2.05) is 0 Å². The summed E-state index contributed by atoms with van der Waals surface area (Å²) in [7, 11) is 0. The molecule has 0 saturated heterocycles. The van der Waals surface area contributed by atoms with Gasteiger partial charge in [0, 0.05) is 14.2 Å². The van der Waals surface area contributed by atoms with E-state index in [9.17, 15) is 9.18 Å². The Morgan fingerprint density at radius 2 is 1.89 bits per heavy atom. The number of hydrogen-bond acceptors (Lipinski definition) is 1. The van der Waals surface area contributed by atoms with Crippen molar-refractivity contribution >= 4 is 57.4 Å². The molecule has 0 bridgehead atoms. The van der Waals surface area contributed by atoms with Crippen LogP contribution in [0.1, 0.15) is 10.4 Å². The number of anilines is 1. The highest BCUT2D eigenvalue weighted by Gasteiger charge is 2.11. The predicted octanol–water partition coefficient (Wildman–Crippen LogP) is 4.99. The zero-order valence-corrected chi connectivity index (χ0v) is 13.1. The van der Waals surface area contributed by atoms with Crippen LogP contribution in [0.15, 0.2) is 36.4 Å². The van der Waals surface area contributed by atoms with E-state index in [0.717, 1.165) is 3.57 Å². The molecule has 1 amide bonds. The number of benzene rings is 2. The summed E-state index contributed by atoms with van der Waals surface area (Å²) < 4.78 is 14.3. The van der Waals surface area contributed by atoms with E-state index in [4.69, 9.17) is 23.2 Å². The minimum atomic E-state index is -0.547. The van der Waals surface area contributed by atoms with Crippen molar-refractivity contribution in [2.45, 2.75) is 0 Å². The lowest BCUT2D eigenvalue weighted by Crippen LogP contribution is -2.13. The Morgan fingerprint density at radius 3 is 2.58 bits per heavy atom. The molecule has 0 aliphatic carbocycles. The van der Waals surface area contributed by atoms with E-state index < -0.39 is 11.7 Å². The predicted molar refractivity (Wildman–Crippen MR) is 83.5 cm³/mol. The second-order valence-electron chi connectivity index (χ2n) is 3.71. The van der Waals surface area contributed by atoms with Crippen LogP contribution < -0.4 is 5.32 Å². The summed E-state index contributed by atoms with van der Waals surface area (Å²) in [5.74, 6) is -0.992. The Labute approximate surface area is 133 Å². The summed E-state index contributed by atoms with van der Waals surface area (Å²) in [6, 6.07) is 8.81. The normalized spacial score (nSPS) is 10.3. The van der Waals surface area contributed by atoms with Crippen LogP contribution in [0.25, 0.3) is 0 Å². The van der Waals surface area contributed by atoms with E-state index >= 15 is 0 Å². The molecule has 0 saturated carbocycles. The second-order valence-corrected chi connectivity index (χ2v) is 5.71. The van der Waals surface area contributed by atoms with Gasteiger partial charge < -0.3 is 5.32 Å². The van der Waals surface area contributed by atoms with Crippen LogP contribution in [0, 0.1) is 9.39 Å². The largest absolute Gasteiger partial charge is 0.319 e. The van der Waals surface area contributed by atoms with Crippen LogP contribution in [-0.2, 0) is 0 Å². The first-order valence-electron chi connectivity index (χ1n) is 5.19. The molecule has 19 heavy (non-hydrogen) atoms. The molecule has 2 aromatic rings. The Kier molecular flexibility index (Phi) is 4.65. The maximum Gasteiger partial charge on any atom is 0.255 e. The molecule has 2 nitrogen and oxygen atoms in total. The van der Waals surface area contributed by atoms with Gasteiger partial charge in [0.25, 0.3) is 5.91 Å². The van der Waals surface area contributed by atoms with Crippen LogP contribution in [-0.4, -0.2) is 5.91 Å². The molecule has 1 N–H and O–H groups in total. The smallest absolute Gasteiger partial charge is 0.255 e. The van der Waals surface area contributed by atoms with Crippen molar-refractivity contribution in [3.05, 3.63) is 61.4 Å². The van der Waals surface area contributed by atoms with E-state index in [2.05, 4.69) is 27.9 Å². The lowest BCUT2D eigenvalue weighted by Gasteiger charge is -2.07. The fourth-order valence-corrected chi connectivity index (χ4v) is 2.11. The number of carbonyl (C=O) groups excluding carboxylic acids is 1. The van der Waals surface area contributed by atoms with Gasteiger partial charge in [-0.3, -0.25) is 4.79 Å². The third-order valence-corrected chi connectivity index (χ3v) is 4.17. The minimum Gasteiger partial charge on any atom is -0.319 e. The van der Waals surface area contributed by atoms with Crippen molar-refractivity contribution in [1.82, 2.24) is 0 Å². The van der Waals surface area contributed by atoms with E-state index in [1.54, 1.807) is 12.1 Å². The van der Waals surface area contributed by atoms with Gasteiger partial charge in [-0.25, -0.2) is 4.39 Å². The first-order valence-corrected chi connectivity index (χ1v) is 7.02. The summed E-state index contributed by atoms with van der Waals surface area (Å²) in [4.78, 5) is 12.0. The van der Waals surface area contributed by atoms with Crippen molar-refractivity contribution in [2.24, 2.45) is 0 Å². The quantitative estimate of drug-likeness (QED) is 0.695. The molecule has 0 atom stereocenters. The zero-order chi connectivity index (χ0) is 14.0. The highest BCUT2D eigenvalue weighted by Crippen LogP contribution is 2.22. The van der Waals surface area contributed by atoms with Crippen LogP contribution >= 0.6 is 45.8 Å². The summed E-state index contributed by atoms with van der Waals surface area (Å²) in [5, 5.41) is 3.27. The highest BCUT2D eigenvalue weighted by molar-refractivity contribution is 14.1. The first kappa shape index (κ1) is 14.6. The maximum atomic E-state index is 13.5. The molecular weight excluding hydrogens is 403 g/mol. The number of halogens is 4. The van der Waals surface area contributed by atoms with Crippen molar-refractivity contribution < 1.29 is 9.18 Å². The van der Waals surface area contributed by atoms with E-state index in [1.165, 1.54) is 24.3 Å². The Balaban J connectivity index is 2.25. The average Bonchev–Trinajstić information content (AvgIpc) is 2.37. The standard InChI is InChI=1S/C13H7Cl2FINO/c14-8-2-3-10(16)12(6-8)18-13(19)7-1-4-11(17)9(15)5-7/h1-6H,(H,18,19). The highest BCUT2D eigenvalue weighted by atomic mass is 127. The second kappa shape index (κ2) is 6.07. The molecule has 2 rings (SSSR count). The number of hydrogen-bond donors (Lipinski definition) is 1. The molecule has 0 aliphatic heterocycles. The molecular formula is C13H7Cl2FINO. The summed E-state index contributed by atoms with van der Waals surface area (Å²) in [6.07, 6.45) is 0. The van der Waals surface area contributed by atoms with Crippen molar-refractivity contribution in [3.8, 4) is 0 Å². The number of amides is 1. The molecule has 98 valence electrons. The van der Waals surface area contributed by atoms with Gasteiger partial charge in [-0.1, -0.05) is 23.2 Å². The van der Waals surface area contributed by atoms with Crippen LogP contribution in [0.3, 0.4) is 0 Å². The zero-order valence-electron chi connectivity index (χ0n) is 9.38.